The SMILES string of the molecule is Cc1ccc(C2CC(=O)C(C)(O)CN2C)cc1. The first-order valence-corrected chi connectivity index (χ1v) is 5.92. The lowest BCUT2D eigenvalue weighted by molar-refractivity contribution is -0.144. The smallest absolute Gasteiger partial charge is 0.167 e. The van der Waals surface area contributed by atoms with Crippen LogP contribution in [0.5, 0.6) is 0 Å². The van der Waals surface area contributed by atoms with Crippen molar-refractivity contribution in [2.75, 3.05) is 13.6 Å². The predicted molar refractivity (Wildman–Crippen MR) is 66.8 cm³/mol. The molecule has 0 spiro atoms. The molecule has 1 N–H and O–H groups in total. The maximum Gasteiger partial charge on any atom is 0.167 e. The monoisotopic (exact) mass is 233 g/mol. The second-order valence-corrected chi connectivity index (χ2v) is 5.24. The molecule has 0 bridgehead atoms. The number of likely N-dealkylation sites (N-methyl/N-ethyl adjacent to an activating group) is 1. The van der Waals surface area contributed by atoms with Gasteiger partial charge in [0.25, 0.3) is 0 Å². The van der Waals surface area contributed by atoms with Crippen molar-refractivity contribution < 1.29 is 9.90 Å². The van der Waals surface area contributed by atoms with Crippen molar-refractivity contribution in [3.8, 4) is 0 Å². The molecule has 92 valence electrons. The molecule has 2 unspecified atom stereocenters. The number of likely N-dealkylation sites (tertiary alicyclic amines) is 1. The third-order valence-electron chi connectivity index (χ3n) is 3.53. The number of aliphatic hydroxyl groups is 1. The number of ketones is 1. The zero-order valence-corrected chi connectivity index (χ0v) is 10.6. The van der Waals surface area contributed by atoms with Gasteiger partial charge in [-0.2, -0.15) is 0 Å². The summed E-state index contributed by atoms with van der Waals surface area (Å²) in [4.78, 5) is 13.9. The maximum atomic E-state index is 11.8. The molecule has 2 atom stereocenters. The molecule has 1 aliphatic heterocycles. The van der Waals surface area contributed by atoms with Crippen molar-refractivity contribution in [2.45, 2.75) is 31.9 Å². The average molecular weight is 233 g/mol. The number of hydrogen-bond acceptors (Lipinski definition) is 3. The standard InChI is InChI=1S/C14H19NO2/c1-10-4-6-11(7-5-10)12-8-13(16)14(2,17)9-15(12)3/h4-7,12,17H,8-9H2,1-3H3. The highest BCUT2D eigenvalue weighted by molar-refractivity contribution is 5.88. The van der Waals surface area contributed by atoms with Crippen molar-refractivity contribution in [2.24, 2.45) is 0 Å². The van der Waals surface area contributed by atoms with Gasteiger partial charge in [0.05, 0.1) is 0 Å². The van der Waals surface area contributed by atoms with Crippen LogP contribution in [-0.2, 0) is 4.79 Å². The zero-order valence-electron chi connectivity index (χ0n) is 10.6. The van der Waals surface area contributed by atoms with Crippen LogP contribution in [-0.4, -0.2) is 35.0 Å². The lowest BCUT2D eigenvalue weighted by Crippen LogP contribution is -2.52. The molecule has 3 heteroatoms. The molecule has 17 heavy (non-hydrogen) atoms. The molecule has 0 aliphatic carbocycles. The predicted octanol–water partition coefficient (Wildman–Crippen LogP) is 1.69. The molecule has 1 heterocycles. The zero-order chi connectivity index (χ0) is 12.6. The Morgan fingerprint density at radius 2 is 1.94 bits per heavy atom. The number of aryl methyl sites for hydroxylation is 1. The van der Waals surface area contributed by atoms with E-state index < -0.39 is 5.60 Å². The van der Waals surface area contributed by atoms with Crippen molar-refractivity contribution in [1.29, 1.82) is 0 Å². The Labute approximate surface area is 102 Å². The molecule has 0 radical (unpaired) electrons. The molecule has 0 amide bonds. The molecule has 1 fully saturated rings. The number of hydrogen-bond donors (Lipinski definition) is 1. The van der Waals surface area contributed by atoms with Gasteiger partial charge in [0, 0.05) is 19.0 Å². The summed E-state index contributed by atoms with van der Waals surface area (Å²) in [7, 11) is 1.95. The van der Waals surface area contributed by atoms with E-state index in [1.54, 1.807) is 6.92 Å². The first-order valence-electron chi connectivity index (χ1n) is 5.92. The van der Waals surface area contributed by atoms with Crippen molar-refractivity contribution in [3.05, 3.63) is 35.4 Å². The van der Waals surface area contributed by atoms with E-state index in [0.29, 0.717) is 13.0 Å². The van der Waals surface area contributed by atoms with E-state index in [1.165, 1.54) is 5.56 Å². The highest BCUT2D eigenvalue weighted by atomic mass is 16.3. The summed E-state index contributed by atoms with van der Waals surface area (Å²) in [6.45, 7) is 4.03. The van der Waals surface area contributed by atoms with Crippen LogP contribution in [0.15, 0.2) is 24.3 Å². The van der Waals surface area contributed by atoms with Gasteiger partial charge in [0.15, 0.2) is 5.78 Å². The molecule has 1 aromatic carbocycles. The van der Waals surface area contributed by atoms with E-state index in [9.17, 15) is 9.90 Å². The summed E-state index contributed by atoms with van der Waals surface area (Å²) in [5, 5.41) is 9.93. The van der Waals surface area contributed by atoms with Gasteiger partial charge in [-0.15, -0.1) is 0 Å². The van der Waals surface area contributed by atoms with Crippen molar-refractivity contribution >= 4 is 5.78 Å². The van der Waals surface area contributed by atoms with Crippen molar-refractivity contribution in [3.63, 3.8) is 0 Å². The highest BCUT2D eigenvalue weighted by Crippen LogP contribution is 2.31. The maximum absolute atomic E-state index is 11.8. The Morgan fingerprint density at radius 3 is 2.53 bits per heavy atom. The van der Waals surface area contributed by atoms with Crippen LogP contribution in [0, 0.1) is 6.92 Å². The van der Waals surface area contributed by atoms with Crippen LogP contribution in [0.3, 0.4) is 0 Å². The number of Topliss-reactive ketones (excluding diaryl/α,β-unsaturated/α-hetero) is 1. The second kappa shape index (κ2) is 4.24. The minimum Gasteiger partial charge on any atom is -0.381 e. The Hall–Kier alpha value is -1.19. The molecular weight excluding hydrogens is 214 g/mol. The summed E-state index contributed by atoms with van der Waals surface area (Å²) < 4.78 is 0. The summed E-state index contributed by atoms with van der Waals surface area (Å²) in [6.07, 6.45) is 0.382. The Bertz CT molecular complexity index is 422. The number of carbonyl (C=O) groups is 1. The Balaban J connectivity index is 2.23. The second-order valence-electron chi connectivity index (χ2n) is 5.24. The fraction of sp³-hybridized carbons (Fsp3) is 0.500. The van der Waals surface area contributed by atoms with Crippen LogP contribution in [0.2, 0.25) is 0 Å². The number of β-amino-alcohol motifs (C(OH)–C–C–N with tert-alkyl or cyclic N) is 1. The molecule has 0 saturated carbocycles. The fourth-order valence-corrected chi connectivity index (χ4v) is 2.40. The molecular formula is C14H19NO2. The number of benzene rings is 1. The molecule has 1 aromatic rings. The van der Waals surface area contributed by atoms with E-state index in [1.807, 2.05) is 18.9 Å². The first-order chi connectivity index (χ1) is 7.90. The van der Waals surface area contributed by atoms with E-state index in [-0.39, 0.29) is 11.8 Å². The molecule has 2 rings (SSSR count). The summed E-state index contributed by atoms with van der Waals surface area (Å²) in [5.74, 6) is -0.0684. The number of piperidine rings is 1. The van der Waals surface area contributed by atoms with Crippen LogP contribution in [0.25, 0.3) is 0 Å². The normalized spacial score (nSPS) is 30.6. The van der Waals surface area contributed by atoms with Gasteiger partial charge in [-0.1, -0.05) is 29.8 Å². The van der Waals surface area contributed by atoms with E-state index >= 15 is 0 Å². The van der Waals surface area contributed by atoms with Gasteiger partial charge in [-0.25, -0.2) is 0 Å². The van der Waals surface area contributed by atoms with Gasteiger partial charge >= 0.3 is 0 Å². The van der Waals surface area contributed by atoms with Crippen LogP contribution >= 0.6 is 0 Å². The van der Waals surface area contributed by atoms with Crippen LogP contribution < -0.4 is 0 Å². The average Bonchev–Trinajstić information content (AvgIpc) is 2.24. The van der Waals surface area contributed by atoms with Crippen LogP contribution in [0.1, 0.15) is 30.5 Å². The molecule has 3 nitrogen and oxygen atoms in total. The first kappa shape index (κ1) is 12.3. The minimum absolute atomic E-state index is 0.0684. The molecule has 1 aliphatic rings. The summed E-state index contributed by atoms with van der Waals surface area (Å²) in [6, 6.07) is 8.32. The van der Waals surface area contributed by atoms with E-state index in [0.717, 1.165) is 5.56 Å². The topological polar surface area (TPSA) is 40.5 Å². The minimum atomic E-state index is -1.20. The van der Waals surface area contributed by atoms with E-state index in [2.05, 4.69) is 24.3 Å². The lowest BCUT2D eigenvalue weighted by atomic mass is 9.86. The molecule has 0 aromatic heterocycles. The molecule has 1 saturated heterocycles. The largest absolute Gasteiger partial charge is 0.381 e. The van der Waals surface area contributed by atoms with Gasteiger partial charge in [0.2, 0.25) is 0 Å². The number of rotatable bonds is 1. The third-order valence-corrected chi connectivity index (χ3v) is 3.53. The van der Waals surface area contributed by atoms with Gasteiger partial charge in [0.1, 0.15) is 5.60 Å². The van der Waals surface area contributed by atoms with Crippen LogP contribution in [0.4, 0.5) is 0 Å². The van der Waals surface area contributed by atoms with Crippen molar-refractivity contribution in [1.82, 2.24) is 4.90 Å². The number of nitrogens with zero attached hydrogens (tertiary/aromatic N) is 1. The third kappa shape index (κ3) is 2.40. The Kier molecular flexibility index (Phi) is 3.06. The van der Waals surface area contributed by atoms with E-state index in [4.69, 9.17) is 0 Å². The Morgan fingerprint density at radius 1 is 1.35 bits per heavy atom. The summed E-state index contributed by atoms with van der Waals surface area (Å²) >= 11 is 0. The quantitative estimate of drug-likeness (QED) is 0.802. The number of carbonyl (C=O) groups excluding carboxylic acids is 1. The highest BCUT2D eigenvalue weighted by Gasteiger charge is 2.40. The van der Waals surface area contributed by atoms with Gasteiger partial charge in [-0.3, -0.25) is 9.69 Å². The lowest BCUT2D eigenvalue weighted by Gasteiger charge is -2.39. The summed E-state index contributed by atoms with van der Waals surface area (Å²) in [5.41, 5.74) is 1.16. The van der Waals surface area contributed by atoms with Gasteiger partial charge in [-0.05, 0) is 26.5 Å². The van der Waals surface area contributed by atoms with Gasteiger partial charge < -0.3 is 5.11 Å². The fourth-order valence-electron chi connectivity index (χ4n) is 2.40.